The lowest BCUT2D eigenvalue weighted by Gasteiger charge is -2.13. The van der Waals surface area contributed by atoms with Crippen LogP contribution in [0.4, 0.5) is 4.39 Å². The highest BCUT2D eigenvalue weighted by atomic mass is 19.1. The van der Waals surface area contributed by atoms with Crippen LogP contribution in [0.2, 0.25) is 0 Å². The molecule has 0 fully saturated rings. The number of halogens is 1. The van der Waals surface area contributed by atoms with E-state index in [0.29, 0.717) is 28.8 Å². The number of hydrogen-bond donors (Lipinski definition) is 1. The number of nitrogens with zero attached hydrogens (tertiary/aromatic N) is 3. The summed E-state index contributed by atoms with van der Waals surface area (Å²) in [6.45, 7) is 0.362. The second-order valence-corrected chi connectivity index (χ2v) is 6.94. The normalized spacial score (nSPS) is 12.9. The fourth-order valence-corrected chi connectivity index (χ4v) is 3.40. The lowest BCUT2D eigenvalue weighted by atomic mass is 10.1. The number of carbonyl (C=O) groups is 3. The second kappa shape index (κ2) is 8.28. The van der Waals surface area contributed by atoms with Gasteiger partial charge in [-0.15, -0.1) is 0 Å². The largest absolute Gasteiger partial charge is 0.352 e. The third-order valence-corrected chi connectivity index (χ3v) is 4.95. The Balaban J connectivity index is 1.26. The third kappa shape index (κ3) is 3.84. The highest BCUT2D eigenvalue weighted by Gasteiger charge is 2.34. The number of rotatable bonds is 7. The predicted octanol–water partition coefficient (Wildman–Crippen LogP) is 2.70. The molecule has 2 aromatic carbocycles. The van der Waals surface area contributed by atoms with E-state index >= 15 is 0 Å². The fraction of sp³-hybridized carbons (Fsp3) is 0.182. The van der Waals surface area contributed by atoms with Gasteiger partial charge in [-0.3, -0.25) is 19.3 Å². The second-order valence-electron chi connectivity index (χ2n) is 6.94. The molecule has 7 nitrogen and oxygen atoms in total. The summed E-state index contributed by atoms with van der Waals surface area (Å²) >= 11 is 0. The van der Waals surface area contributed by atoms with Crippen LogP contribution in [0, 0.1) is 5.82 Å². The molecule has 3 aromatic rings. The lowest BCUT2D eigenvalue weighted by molar-refractivity contribution is -0.121. The van der Waals surface area contributed by atoms with Crippen LogP contribution in [0.25, 0.3) is 5.69 Å². The standard InChI is InChI=1S/C22H19FN4O3/c23-18-12-15(7-8-19(18)26-11-9-24-14-26)13-25-20(28)6-3-10-27-21(29)16-4-1-2-5-17(16)22(27)30/h1-2,4-5,7-9,11-12,14H,3,6,10,13H2,(H,25,28). The van der Waals surface area contributed by atoms with E-state index in [9.17, 15) is 18.8 Å². The fourth-order valence-electron chi connectivity index (χ4n) is 3.40. The third-order valence-electron chi connectivity index (χ3n) is 4.95. The summed E-state index contributed by atoms with van der Waals surface area (Å²) in [7, 11) is 0. The molecule has 0 radical (unpaired) electrons. The first-order valence-corrected chi connectivity index (χ1v) is 9.53. The number of nitrogens with one attached hydrogen (secondary N) is 1. The van der Waals surface area contributed by atoms with Gasteiger partial charge in [0.15, 0.2) is 0 Å². The molecule has 4 rings (SSSR count). The average Bonchev–Trinajstić information content (AvgIpc) is 3.36. The summed E-state index contributed by atoms with van der Waals surface area (Å²) in [6.07, 6.45) is 5.23. The number of imide groups is 1. The molecule has 2 heterocycles. The van der Waals surface area contributed by atoms with E-state index in [4.69, 9.17) is 0 Å². The van der Waals surface area contributed by atoms with Crippen LogP contribution in [0.3, 0.4) is 0 Å². The van der Waals surface area contributed by atoms with Crippen molar-refractivity contribution in [1.82, 2.24) is 19.8 Å². The molecule has 30 heavy (non-hydrogen) atoms. The first-order valence-electron chi connectivity index (χ1n) is 9.53. The zero-order chi connectivity index (χ0) is 21.1. The molecule has 3 amide bonds. The Morgan fingerprint density at radius 3 is 2.43 bits per heavy atom. The quantitative estimate of drug-likeness (QED) is 0.612. The molecule has 0 atom stereocenters. The van der Waals surface area contributed by atoms with Gasteiger partial charge in [-0.2, -0.15) is 0 Å². The van der Waals surface area contributed by atoms with Crippen molar-refractivity contribution < 1.29 is 18.8 Å². The average molecular weight is 406 g/mol. The Kier molecular flexibility index (Phi) is 5.38. The molecule has 1 aromatic heterocycles. The van der Waals surface area contributed by atoms with Crippen LogP contribution in [-0.2, 0) is 11.3 Å². The maximum atomic E-state index is 14.3. The molecule has 152 valence electrons. The number of aromatic nitrogens is 2. The zero-order valence-corrected chi connectivity index (χ0v) is 16.0. The summed E-state index contributed by atoms with van der Waals surface area (Å²) < 4.78 is 15.8. The topological polar surface area (TPSA) is 84.3 Å². The van der Waals surface area contributed by atoms with Gasteiger partial charge in [0.2, 0.25) is 5.91 Å². The van der Waals surface area contributed by atoms with Gasteiger partial charge in [-0.05, 0) is 36.2 Å². The Morgan fingerprint density at radius 1 is 1.07 bits per heavy atom. The summed E-state index contributed by atoms with van der Waals surface area (Å²) in [5.74, 6) is -1.30. The van der Waals surface area contributed by atoms with Crippen molar-refractivity contribution in [3.8, 4) is 5.69 Å². The van der Waals surface area contributed by atoms with E-state index in [0.717, 1.165) is 0 Å². The first-order chi connectivity index (χ1) is 14.5. The molecule has 0 unspecified atom stereocenters. The molecule has 0 bridgehead atoms. The van der Waals surface area contributed by atoms with Crippen molar-refractivity contribution >= 4 is 17.7 Å². The van der Waals surface area contributed by atoms with Gasteiger partial charge in [0, 0.05) is 31.9 Å². The number of amides is 3. The van der Waals surface area contributed by atoms with E-state index in [1.807, 2.05) is 0 Å². The molecule has 0 saturated heterocycles. The van der Waals surface area contributed by atoms with Gasteiger partial charge >= 0.3 is 0 Å². The molecule has 0 spiro atoms. The summed E-state index contributed by atoms with van der Waals surface area (Å²) in [5.41, 5.74) is 1.80. The minimum Gasteiger partial charge on any atom is -0.352 e. The summed E-state index contributed by atoms with van der Waals surface area (Å²) in [5, 5.41) is 2.73. The maximum absolute atomic E-state index is 14.3. The van der Waals surface area contributed by atoms with Gasteiger partial charge < -0.3 is 9.88 Å². The number of imidazole rings is 1. The Labute approximate surface area is 172 Å². The lowest BCUT2D eigenvalue weighted by Crippen LogP contribution is -2.32. The van der Waals surface area contributed by atoms with E-state index in [-0.39, 0.29) is 37.2 Å². The highest BCUT2D eigenvalue weighted by molar-refractivity contribution is 6.21. The van der Waals surface area contributed by atoms with Gasteiger partial charge in [0.1, 0.15) is 5.82 Å². The van der Waals surface area contributed by atoms with Crippen molar-refractivity contribution in [1.29, 1.82) is 0 Å². The van der Waals surface area contributed by atoms with E-state index in [1.54, 1.807) is 53.4 Å². The molecule has 0 saturated carbocycles. The van der Waals surface area contributed by atoms with Crippen molar-refractivity contribution in [2.75, 3.05) is 6.54 Å². The maximum Gasteiger partial charge on any atom is 0.261 e. The summed E-state index contributed by atoms with van der Waals surface area (Å²) in [4.78, 5) is 41.8. The van der Waals surface area contributed by atoms with E-state index in [1.165, 1.54) is 17.3 Å². The smallest absolute Gasteiger partial charge is 0.261 e. The Bertz CT molecular complexity index is 1080. The molecule has 1 aliphatic rings. The van der Waals surface area contributed by atoms with Crippen LogP contribution in [0.5, 0.6) is 0 Å². The van der Waals surface area contributed by atoms with Crippen molar-refractivity contribution in [3.63, 3.8) is 0 Å². The van der Waals surface area contributed by atoms with Gasteiger partial charge in [0.25, 0.3) is 11.8 Å². The predicted molar refractivity (Wildman–Crippen MR) is 106 cm³/mol. The van der Waals surface area contributed by atoms with Crippen LogP contribution in [0.15, 0.2) is 61.2 Å². The van der Waals surface area contributed by atoms with E-state index < -0.39 is 5.82 Å². The molecule has 1 N–H and O–H groups in total. The number of benzene rings is 2. The van der Waals surface area contributed by atoms with Crippen LogP contribution >= 0.6 is 0 Å². The highest BCUT2D eigenvalue weighted by Crippen LogP contribution is 2.22. The SMILES string of the molecule is O=C(CCCN1C(=O)c2ccccc2C1=O)NCc1ccc(-n2ccnc2)c(F)c1. The van der Waals surface area contributed by atoms with Gasteiger partial charge in [-0.25, -0.2) is 9.37 Å². The Hall–Kier alpha value is -3.81. The van der Waals surface area contributed by atoms with Crippen molar-refractivity contribution in [2.45, 2.75) is 19.4 Å². The Morgan fingerprint density at radius 2 is 1.80 bits per heavy atom. The van der Waals surface area contributed by atoms with Crippen LogP contribution < -0.4 is 5.32 Å². The molecular formula is C22H19FN4O3. The number of fused-ring (bicyclic) bond motifs is 1. The molecule has 1 aliphatic heterocycles. The van der Waals surface area contributed by atoms with Crippen LogP contribution in [0.1, 0.15) is 39.1 Å². The molecular weight excluding hydrogens is 387 g/mol. The monoisotopic (exact) mass is 406 g/mol. The zero-order valence-electron chi connectivity index (χ0n) is 16.0. The summed E-state index contributed by atoms with van der Waals surface area (Å²) in [6, 6.07) is 11.4. The van der Waals surface area contributed by atoms with Crippen LogP contribution in [-0.4, -0.2) is 38.7 Å². The number of carbonyl (C=O) groups excluding carboxylic acids is 3. The van der Waals surface area contributed by atoms with Crippen molar-refractivity contribution in [3.05, 3.63) is 83.7 Å². The first kappa shape index (κ1) is 19.5. The van der Waals surface area contributed by atoms with Gasteiger partial charge in [0.05, 0.1) is 23.1 Å². The van der Waals surface area contributed by atoms with E-state index in [2.05, 4.69) is 10.3 Å². The minimum absolute atomic E-state index is 0.156. The van der Waals surface area contributed by atoms with Crippen molar-refractivity contribution in [2.24, 2.45) is 0 Å². The minimum atomic E-state index is -0.412. The number of hydrogen-bond acceptors (Lipinski definition) is 4. The van der Waals surface area contributed by atoms with Gasteiger partial charge in [-0.1, -0.05) is 18.2 Å². The molecule has 0 aliphatic carbocycles. The molecule has 8 heteroatoms.